The molecule has 0 spiro atoms. The number of hydrogen-bond donors (Lipinski definition) is 1. The number of tetrazole rings is 1. The number of pyridine rings is 1. The van der Waals surface area contributed by atoms with Crippen molar-refractivity contribution in [3.8, 4) is 5.75 Å². The maximum atomic E-state index is 13.2. The molecule has 35 heavy (non-hydrogen) atoms. The molecule has 2 aliphatic carbocycles. The molecule has 2 aliphatic rings. The number of H-pyrrole nitrogens is 1. The van der Waals surface area contributed by atoms with Gasteiger partial charge in [0.25, 0.3) is 5.56 Å². The second kappa shape index (κ2) is 10.9. The molecule has 2 fully saturated rings. The molecule has 2 saturated carbocycles. The van der Waals surface area contributed by atoms with Gasteiger partial charge in [-0.2, -0.15) is 0 Å². The lowest BCUT2D eigenvalue weighted by Crippen LogP contribution is -2.39. The molecule has 1 aromatic carbocycles. The third kappa shape index (κ3) is 5.13. The Morgan fingerprint density at radius 3 is 2.63 bits per heavy atom. The van der Waals surface area contributed by atoms with Gasteiger partial charge in [-0.05, 0) is 66.1 Å². The van der Waals surface area contributed by atoms with Gasteiger partial charge in [0, 0.05) is 24.2 Å². The number of ether oxygens (including phenoxy) is 1. The Labute approximate surface area is 207 Å². The first-order valence-corrected chi connectivity index (χ1v) is 13.4. The van der Waals surface area contributed by atoms with Gasteiger partial charge in [0.1, 0.15) is 5.75 Å². The zero-order chi connectivity index (χ0) is 24.2. The van der Waals surface area contributed by atoms with Crippen molar-refractivity contribution in [2.75, 3.05) is 7.11 Å². The largest absolute Gasteiger partial charge is 0.497 e. The SMILES string of the molecule is CCC[C@H](c1nnnn1C1CCCCC1)N(Cc1cc2ccc(OC)cc2[nH]c1=O)C1CCCC1. The highest BCUT2D eigenvalue weighted by molar-refractivity contribution is 5.80. The first-order chi connectivity index (χ1) is 17.2. The van der Waals surface area contributed by atoms with Crippen LogP contribution in [-0.2, 0) is 6.54 Å². The van der Waals surface area contributed by atoms with Gasteiger partial charge in [0.2, 0.25) is 0 Å². The van der Waals surface area contributed by atoms with Crippen LogP contribution in [0.15, 0.2) is 29.1 Å². The van der Waals surface area contributed by atoms with Crippen molar-refractivity contribution in [3.63, 3.8) is 0 Å². The lowest BCUT2D eigenvalue weighted by atomic mass is 9.95. The van der Waals surface area contributed by atoms with Gasteiger partial charge in [0.05, 0.1) is 24.7 Å². The number of rotatable bonds is 9. The Bertz CT molecular complexity index is 1180. The molecule has 0 radical (unpaired) electrons. The summed E-state index contributed by atoms with van der Waals surface area (Å²) in [5, 5.41) is 14.2. The van der Waals surface area contributed by atoms with Crippen LogP contribution in [0.25, 0.3) is 10.9 Å². The maximum absolute atomic E-state index is 13.2. The first kappa shape index (κ1) is 24.0. The highest BCUT2D eigenvalue weighted by atomic mass is 16.5. The third-order valence-electron chi connectivity index (χ3n) is 7.98. The van der Waals surface area contributed by atoms with Crippen molar-refractivity contribution in [2.24, 2.45) is 0 Å². The van der Waals surface area contributed by atoms with E-state index in [-0.39, 0.29) is 11.6 Å². The predicted octanol–water partition coefficient (Wildman–Crippen LogP) is 5.31. The monoisotopic (exact) mass is 478 g/mol. The normalized spacial score (nSPS) is 18.5. The van der Waals surface area contributed by atoms with Crippen molar-refractivity contribution in [3.05, 3.63) is 46.0 Å². The highest BCUT2D eigenvalue weighted by Crippen LogP contribution is 2.37. The summed E-state index contributed by atoms with van der Waals surface area (Å²) < 4.78 is 7.46. The summed E-state index contributed by atoms with van der Waals surface area (Å²) >= 11 is 0. The average Bonchev–Trinajstić information content (AvgIpc) is 3.59. The number of benzene rings is 1. The quantitative estimate of drug-likeness (QED) is 0.448. The van der Waals surface area contributed by atoms with Crippen molar-refractivity contribution in [1.82, 2.24) is 30.1 Å². The zero-order valence-electron chi connectivity index (χ0n) is 21.1. The van der Waals surface area contributed by atoms with Crippen molar-refractivity contribution in [1.29, 1.82) is 0 Å². The van der Waals surface area contributed by atoms with Crippen molar-refractivity contribution in [2.45, 2.75) is 102 Å². The molecule has 5 rings (SSSR count). The fourth-order valence-electron chi connectivity index (χ4n) is 6.12. The molecule has 0 unspecified atom stereocenters. The molecular formula is C27H38N6O2. The van der Waals surface area contributed by atoms with Gasteiger partial charge in [-0.1, -0.05) is 45.4 Å². The smallest absolute Gasteiger partial charge is 0.252 e. The van der Waals surface area contributed by atoms with E-state index < -0.39 is 0 Å². The van der Waals surface area contributed by atoms with Crippen LogP contribution in [0.5, 0.6) is 5.75 Å². The number of hydrogen-bond acceptors (Lipinski definition) is 6. The predicted molar refractivity (Wildman–Crippen MR) is 137 cm³/mol. The van der Waals surface area contributed by atoms with E-state index in [1.54, 1.807) is 7.11 Å². The number of nitrogens with zero attached hydrogens (tertiary/aromatic N) is 5. The Balaban J connectivity index is 1.51. The molecular weight excluding hydrogens is 440 g/mol. The Kier molecular flexibility index (Phi) is 7.46. The molecule has 8 heteroatoms. The van der Waals surface area contributed by atoms with Crippen molar-refractivity contribution >= 4 is 10.9 Å². The van der Waals surface area contributed by atoms with Crippen LogP contribution in [0.1, 0.15) is 101 Å². The summed E-state index contributed by atoms with van der Waals surface area (Å²) in [5.74, 6) is 1.72. The van der Waals surface area contributed by atoms with E-state index in [4.69, 9.17) is 4.74 Å². The highest BCUT2D eigenvalue weighted by Gasteiger charge is 2.34. The minimum absolute atomic E-state index is 0.0316. The zero-order valence-corrected chi connectivity index (χ0v) is 21.1. The van der Waals surface area contributed by atoms with E-state index in [1.165, 1.54) is 32.1 Å². The summed E-state index contributed by atoms with van der Waals surface area (Å²) in [7, 11) is 1.64. The number of fused-ring (bicyclic) bond motifs is 1. The summed E-state index contributed by atoms with van der Waals surface area (Å²) in [6.45, 7) is 2.83. The molecule has 1 N–H and O–H groups in total. The molecule has 2 heterocycles. The van der Waals surface area contributed by atoms with Crippen LogP contribution in [-0.4, -0.2) is 43.2 Å². The lowest BCUT2D eigenvalue weighted by Gasteiger charge is -2.36. The molecule has 0 saturated heterocycles. The average molecular weight is 479 g/mol. The van der Waals surface area contributed by atoms with E-state index in [9.17, 15) is 4.79 Å². The molecule has 3 aromatic rings. The molecule has 0 aliphatic heterocycles. The minimum atomic E-state index is -0.0316. The van der Waals surface area contributed by atoms with Gasteiger partial charge >= 0.3 is 0 Å². The van der Waals surface area contributed by atoms with E-state index in [2.05, 4.69) is 37.0 Å². The van der Waals surface area contributed by atoms with Crippen LogP contribution >= 0.6 is 0 Å². The third-order valence-corrected chi connectivity index (χ3v) is 7.98. The standard InChI is InChI=1S/C27H38N6O2/c1-3-9-25(26-29-30-31-33(26)22-12-5-4-6-13-22)32(21-10-7-8-11-21)18-20-16-19-14-15-23(35-2)17-24(19)28-27(20)34/h14-17,21-22,25H,3-13,18H2,1-2H3,(H,28,34)/t25-/m1/s1. The van der Waals surface area contributed by atoms with E-state index in [0.29, 0.717) is 18.6 Å². The molecule has 0 bridgehead atoms. The lowest BCUT2D eigenvalue weighted by molar-refractivity contribution is 0.105. The molecule has 2 aromatic heterocycles. The Morgan fingerprint density at radius 1 is 1.11 bits per heavy atom. The van der Waals surface area contributed by atoms with Gasteiger partial charge in [-0.3, -0.25) is 9.69 Å². The van der Waals surface area contributed by atoms with E-state index in [0.717, 1.165) is 66.6 Å². The van der Waals surface area contributed by atoms with Crippen LogP contribution in [0, 0.1) is 0 Å². The number of nitrogens with one attached hydrogen (secondary N) is 1. The molecule has 188 valence electrons. The summed E-state index contributed by atoms with van der Waals surface area (Å²) in [5.41, 5.74) is 1.57. The van der Waals surface area contributed by atoms with Crippen LogP contribution in [0.2, 0.25) is 0 Å². The van der Waals surface area contributed by atoms with Crippen molar-refractivity contribution < 1.29 is 4.74 Å². The van der Waals surface area contributed by atoms with Gasteiger partial charge in [-0.15, -0.1) is 5.10 Å². The fraction of sp³-hybridized carbons (Fsp3) is 0.630. The van der Waals surface area contributed by atoms with Crippen LogP contribution < -0.4 is 10.3 Å². The van der Waals surface area contributed by atoms with Crippen LogP contribution in [0.4, 0.5) is 0 Å². The fourth-order valence-corrected chi connectivity index (χ4v) is 6.12. The Hall–Kier alpha value is -2.74. The molecule has 1 atom stereocenters. The van der Waals surface area contributed by atoms with E-state index >= 15 is 0 Å². The number of methoxy groups -OCH3 is 1. The summed E-state index contributed by atoms with van der Waals surface area (Å²) in [4.78, 5) is 18.8. The van der Waals surface area contributed by atoms with Gasteiger partial charge < -0.3 is 9.72 Å². The molecule has 8 nitrogen and oxygen atoms in total. The number of aromatic nitrogens is 5. The first-order valence-electron chi connectivity index (χ1n) is 13.4. The van der Waals surface area contributed by atoms with Gasteiger partial charge in [-0.25, -0.2) is 4.68 Å². The van der Waals surface area contributed by atoms with Gasteiger partial charge in [0.15, 0.2) is 5.82 Å². The topological polar surface area (TPSA) is 88.9 Å². The second-order valence-corrected chi connectivity index (χ2v) is 10.3. The maximum Gasteiger partial charge on any atom is 0.252 e. The molecule has 0 amide bonds. The minimum Gasteiger partial charge on any atom is -0.497 e. The van der Waals surface area contributed by atoms with Crippen LogP contribution in [0.3, 0.4) is 0 Å². The second-order valence-electron chi connectivity index (χ2n) is 10.3. The Morgan fingerprint density at radius 2 is 1.89 bits per heavy atom. The number of aromatic amines is 1. The summed E-state index contributed by atoms with van der Waals surface area (Å²) in [6.07, 6.45) is 12.9. The summed E-state index contributed by atoms with van der Waals surface area (Å²) in [6, 6.07) is 8.81. The van der Waals surface area contributed by atoms with E-state index in [1.807, 2.05) is 24.3 Å².